The minimum absolute atomic E-state index is 0.148. The van der Waals surface area contributed by atoms with Crippen molar-refractivity contribution < 1.29 is 13.6 Å². The second-order valence-corrected chi connectivity index (χ2v) is 7.06. The van der Waals surface area contributed by atoms with Crippen molar-refractivity contribution in [3.63, 3.8) is 0 Å². The van der Waals surface area contributed by atoms with Crippen LogP contribution >= 0.6 is 11.8 Å². The van der Waals surface area contributed by atoms with E-state index in [2.05, 4.69) is 10.3 Å². The van der Waals surface area contributed by atoms with Crippen LogP contribution < -0.4 is 10.9 Å². The van der Waals surface area contributed by atoms with Gasteiger partial charge in [-0.1, -0.05) is 30.0 Å². The van der Waals surface area contributed by atoms with Gasteiger partial charge in [0.05, 0.1) is 16.7 Å². The van der Waals surface area contributed by atoms with E-state index < -0.39 is 23.2 Å². The molecule has 0 atom stereocenters. The van der Waals surface area contributed by atoms with Crippen LogP contribution in [0, 0.1) is 11.6 Å². The molecule has 27 heavy (non-hydrogen) atoms. The van der Waals surface area contributed by atoms with Crippen molar-refractivity contribution in [1.82, 2.24) is 9.55 Å². The summed E-state index contributed by atoms with van der Waals surface area (Å²) in [6.45, 7) is 3.69. The first-order valence-electron chi connectivity index (χ1n) is 8.26. The summed E-state index contributed by atoms with van der Waals surface area (Å²) in [5, 5.41) is 3.09. The van der Waals surface area contributed by atoms with Crippen LogP contribution in [0.4, 0.5) is 14.5 Å². The topological polar surface area (TPSA) is 64.0 Å². The molecular formula is C19H17F2N3O2S. The first kappa shape index (κ1) is 19.0. The number of aromatic nitrogens is 2. The fourth-order valence-electron chi connectivity index (χ4n) is 2.61. The first-order valence-corrected chi connectivity index (χ1v) is 9.25. The molecule has 0 aliphatic rings. The molecule has 1 aromatic heterocycles. The number of carbonyl (C=O) groups is 1. The van der Waals surface area contributed by atoms with E-state index in [9.17, 15) is 18.4 Å². The summed E-state index contributed by atoms with van der Waals surface area (Å²) in [4.78, 5) is 29.3. The van der Waals surface area contributed by atoms with Crippen LogP contribution in [0.5, 0.6) is 0 Å². The fourth-order valence-corrected chi connectivity index (χ4v) is 3.53. The minimum atomic E-state index is -0.851. The Kier molecular flexibility index (Phi) is 5.55. The number of hydrogen-bond donors (Lipinski definition) is 1. The minimum Gasteiger partial charge on any atom is -0.320 e. The van der Waals surface area contributed by atoms with Crippen molar-refractivity contribution in [2.75, 3.05) is 11.1 Å². The number of amides is 1. The van der Waals surface area contributed by atoms with Crippen molar-refractivity contribution in [3.05, 3.63) is 64.5 Å². The maximum atomic E-state index is 13.7. The highest BCUT2D eigenvalue weighted by atomic mass is 32.2. The standard InChI is InChI=1S/C19H17F2N3O2S/c1-11(2)24-18(26)12-6-3-4-9-15(12)22-19(24)27-10-16(25)23-17-13(20)7-5-8-14(17)21/h3-9,11H,10H2,1-2H3,(H,23,25). The molecule has 0 saturated carbocycles. The molecule has 3 aromatic rings. The predicted molar refractivity (Wildman–Crippen MR) is 102 cm³/mol. The van der Waals surface area contributed by atoms with E-state index in [1.165, 1.54) is 10.6 Å². The van der Waals surface area contributed by atoms with Gasteiger partial charge in [0, 0.05) is 6.04 Å². The van der Waals surface area contributed by atoms with Crippen LogP contribution in [0.2, 0.25) is 0 Å². The number of anilines is 1. The van der Waals surface area contributed by atoms with Crippen LogP contribution in [-0.4, -0.2) is 21.2 Å². The van der Waals surface area contributed by atoms with Gasteiger partial charge in [0.2, 0.25) is 5.91 Å². The van der Waals surface area contributed by atoms with Gasteiger partial charge in [-0.25, -0.2) is 13.8 Å². The molecule has 0 radical (unpaired) electrons. The molecule has 140 valence electrons. The number of halogens is 2. The molecule has 0 saturated heterocycles. The third-order valence-electron chi connectivity index (χ3n) is 3.85. The maximum absolute atomic E-state index is 13.7. The number of rotatable bonds is 5. The quantitative estimate of drug-likeness (QED) is 0.529. The van der Waals surface area contributed by atoms with Crippen molar-refractivity contribution in [1.29, 1.82) is 0 Å². The predicted octanol–water partition coefficient (Wildman–Crippen LogP) is 3.99. The Balaban J connectivity index is 1.85. The van der Waals surface area contributed by atoms with Crippen molar-refractivity contribution in [2.45, 2.75) is 25.0 Å². The average molecular weight is 389 g/mol. The van der Waals surface area contributed by atoms with Gasteiger partial charge in [0.25, 0.3) is 5.56 Å². The second-order valence-electron chi connectivity index (χ2n) is 6.11. The Morgan fingerprint density at radius 3 is 2.48 bits per heavy atom. The van der Waals surface area contributed by atoms with E-state index in [4.69, 9.17) is 0 Å². The summed E-state index contributed by atoms with van der Waals surface area (Å²) >= 11 is 1.04. The monoisotopic (exact) mass is 389 g/mol. The molecule has 1 heterocycles. The zero-order valence-electron chi connectivity index (χ0n) is 14.7. The molecule has 1 amide bonds. The lowest BCUT2D eigenvalue weighted by Crippen LogP contribution is -2.25. The Labute approximate surface area is 158 Å². The van der Waals surface area contributed by atoms with E-state index in [1.54, 1.807) is 24.3 Å². The van der Waals surface area contributed by atoms with Gasteiger partial charge in [0.1, 0.15) is 17.3 Å². The summed E-state index contributed by atoms with van der Waals surface area (Å²) in [5.74, 6) is -2.44. The fraction of sp³-hybridized carbons (Fsp3) is 0.211. The highest BCUT2D eigenvalue weighted by molar-refractivity contribution is 7.99. The molecule has 1 N–H and O–H groups in total. The van der Waals surface area contributed by atoms with Gasteiger partial charge in [-0.15, -0.1) is 0 Å². The smallest absolute Gasteiger partial charge is 0.262 e. The average Bonchev–Trinajstić information content (AvgIpc) is 2.63. The van der Waals surface area contributed by atoms with Crippen molar-refractivity contribution >= 4 is 34.3 Å². The molecule has 0 aliphatic carbocycles. The van der Waals surface area contributed by atoms with Crippen molar-refractivity contribution in [2.24, 2.45) is 0 Å². The molecule has 0 bridgehead atoms. The summed E-state index contributed by atoms with van der Waals surface area (Å²) in [7, 11) is 0. The summed E-state index contributed by atoms with van der Waals surface area (Å²) in [5.41, 5.74) is -0.156. The number of nitrogens with zero attached hydrogens (tertiary/aromatic N) is 2. The molecule has 8 heteroatoms. The highest BCUT2D eigenvalue weighted by Gasteiger charge is 2.17. The maximum Gasteiger partial charge on any atom is 0.262 e. The Bertz CT molecular complexity index is 1050. The van der Waals surface area contributed by atoms with Crippen LogP contribution in [0.25, 0.3) is 10.9 Å². The highest BCUT2D eigenvalue weighted by Crippen LogP contribution is 2.22. The van der Waals surface area contributed by atoms with Crippen molar-refractivity contribution in [3.8, 4) is 0 Å². The zero-order chi connectivity index (χ0) is 19.6. The van der Waals surface area contributed by atoms with E-state index in [0.717, 1.165) is 23.9 Å². The number of carbonyl (C=O) groups excluding carboxylic acids is 1. The van der Waals surface area contributed by atoms with Crippen LogP contribution in [0.1, 0.15) is 19.9 Å². The van der Waals surface area contributed by atoms with E-state index in [-0.39, 0.29) is 17.4 Å². The Morgan fingerprint density at radius 1 is 1.15 bits per heavy atom. The lowest BCUT2D eigenvalue weighted by molar-refractivity contribution is -0.113. The summed E-state index contributed by atoms with van der Waals surface area (Å²) < 4.78 is 28.8. The van der Waals surface area contributed by atoms with Gasteiger partial charge < -0.3 is 5.32 Å². The number of nitrogens with one attached hydrogen (secondary N) is 1. The number of fused-ring (bicyclic) bond motifs is 1. The number of para-hydroxylation sites is 2. The van der Waals surface area contributed by atoms with Crippen LogP contribution in [-0.2, 0) is 4.79 Å². The van der Waals surface area contributed by atoms with Gasteiger partial charge in [-0.3, -0.25) is 14.2 Å². The number of hydrogen-bond acceptors (Lipinski definition) is 4. The third kappa shape index (κ3) is 4.00. The third-order valence-corrected chi connectivity index (χ3v) is 4.80. The molecule has 0 fully saturated rings. The molecule has 5 nitrogen and oxygen atoms in total. The van der Waals surface area contributed by atoms with E-state index >= 15 is 0 Å². The molecule has 0 spiro atoms. The lowest BCUT2D eigenvalue weighted by atomic mass is 10.2. The molecule has 2 aromatic carbocycles. The zero-order valence-corrected chi connectivity index (χ0v) is 15.5. The number of thioether (sulfide) groups is 1. The summed E-state index contributed by atoms with van der Waals surface area (Å²) in [6, 6.07) is 10.1. The largest absolute Gasteiger partial charge is 0.320 e. The number of benzene rings is 2. The van der Waals surface area contributed by atoms with Crippen LogP contribution in [0.3, 0.4) is 0 Å². The van der Waals surface area contributed by atoms with Gasteiger partial charge >= 0.3 is 0 Å². The lowest BCUT2D eigenvalue weighted by Gasteiger charge is -2.16. The van der Waals surface area contributed by atoms with Gasteiger partial charge in [0.15, 0.2) is 5.16 Å². The first-order chi connectivity index (χ1) is 12.9. The molecule has 0 unspecified atom stereocenters. The SMILES string of the molecule is CC(C)n1c(SCC(=O)Nc2c(F)cccc2F)nc2ccccc2c1=O. The Morgan fingerprint density at radius 2 is 1.81 bits per heavy atom. The van der Waals surface area contributed by atoms with Gasteiger partial charge in [-0.2, -0.15) is 0 Å². The molecule has 0 aliphatic heterocycles. The summed E-state index contributed by atoms with van der Waals surface area (Å²) in [6.07, 6.45) is 0. The van der Waals surface area contributed by atoms with E-state index in [1.807, 2.05) is 13.8 Å². The van der Waals surface area contributed by atoms with E-state index in [0.29, 0.717) is 16.1 Å². The molecule has 3 rings (SSSR count). The Hall–Kier alpha value is -2.74. The second kappa shape index (κ2) is 7.87. The van der Waals surface area contributed by atoms with Crippen LogP contribution in [0.15, 0.2) is 52.4 Å². The normalized spacial score (nSPS) is 11.1. The van der Waals surface area contributed by atoms with Gasteiger partial charge in [-0.05, 0) is 38.1 Å². The molecular weight excluding hydrogens is 372 g/mol.